The van der Waals surface area contributed by atoms with Gasteiger partial charge in [0.1, 0.15) is 4.90 Å². The Morgan fingerprint density at radius 3 is 2.43 bits per heavy atom. The van der Waals surface area contributed by atoms with Gasteiger partial charge >= 0.3 is 16.2 Å². The number of benzene rings is 1. The Labute approximate surface area is 122 Å². The van der Waals surface area contributed by atoms with Crippen molar-refractivity contribution in [3.05, 3.63) is 24.3 Å². The second-order valence-corrected chi connectivity index (χ2v) is 7.19. The lowest BCUT2D eigenvalue weighted by Crippen LogP contribution is -2.19. The fourth-order valence-corrected chi connectivity index (χ4v) is 3.32. The molecule has 0 aromatic heterocycles. The number of sulfonamides is 1. The summed E-state index contributed by atoms with van der Waals surface area (Å²) >= 11 is 0. The Morgan fingerprint density at radius 1 is 1.24 bits per heavy atom. The highest BCUT2D eigenvalue weighted by molar-refractivity contribution is 7.92. The Bertz CT molecular complexity index is 714. The number of nitrogens with one attached hydrogen (secondary N) is 1. The third-order valence-corrected chi connectivity index (χ3v) is 4.68. The van der Waals surface area contributed by atoms with Crippen LogP contribution in [0.5, 0.6) is 0 Å². The number of ether oxygens (including phenoxy) is 1. The molecule has 0 saturated carbocycles. The maximum Gasteiger partial charge on any atom is 0.334 e. The van der Waals surface area contributed by atoms with E-state index in [-0.39, 0.29) is 18.5 Å². The van der Waals surface area contributed by atoms with E-state index in [4.69, 9.17) is 0 Å². The summed E-state index contributed by atoms with van der Waals surface area (Å²) in [4.78, 5) is 10.1. The van der Waals surface area contributed by atoms with Crippen molar-refractivity contribution in [2.45, 2.75) is 17.7 Å². The van der Waals surface area contributed by atoms with E-state index < -0.39 is 36.9 Å². The van der Waals surface area contributed by atoms with E-state index in [2.05, 4.69) is 4.74 Å². The zero-order chi connectivity index (χ0) is 16.1. The molecule has 0 aliphatic carbocycles. The molecular weight excluding hydrogens is 325 g/mol. The lowest BCUT2D eigenvalue weighted by atomic mass is 10.3. The molecule has 1 aromatic carbocycles. The summed E-state index contributed by atoms with van der Waals surface area (Å²) < 4.78 is 64.8. The highest BCUT2D eigenvalue weighted by atomic mass is 32.3. The van der Waals surface area contributed by atoms with Crippen LogP contribution in [0.25, 0.3) is 0 Å². The number of carbonyl (C=O) groups excluding carboxylic acids is 1. The first-order valence-corrected chi connectivity index (χ1v) is 8.80. The van der Waals surface area contributed by atoms with Crippen LogP contribution in [0.4, 0.5) is 9.57 Å². The molecule has 21 heavy (non-hydrogen) atoms. The predicted octanol–water partition coefficient (Wildman–Crippen LogP) is 1.04. The minimum absolute atomic E-state index is 0.00739. The maximum absolute atomic E-state index is 13.0. The summed E-state index contributed by atoms with van der Waals surface area (Å²) in [5.74, 6) is -0.986. The van der Waals surface area contributed by atoms with Gasteiger partial charge < -0.3 is 4.74 Å². The van der Waals surface area contributed by atoms with Gasteiger partial charge in [0.2, 0.25) is 10.0 Å². The molecule has 0 fully saturated rings. The molecule has 0 amide bonds. The Hall–Kier alpha value is -1.68. The van der Waals surface area contributed by atoms with Gasteiger partial charge in [0.15, 0.2) is 0 Å². The van der Waals surface area contributed by atoms with Crippen molar-refractivity contribution >= 4 is 31.9 Å². The molecule has 0 unspecified atom stereocenters. The number of carbonyl (C=O) groups is 1. The number of esters is 1. The molecule has 1 aromatic rings. The first-order chi connectivity index (χ1) is 9.65. The SMILES string of the molecule is COC(=O)CCCS(=O)(=O)Nc1ccccc1S(=O)(=O)F. The largest absolute Gasteiger partial charge is 0.469 e. The van der Waals surface area contributed by atoms with Gasteiger partial charge in [-0.05, 0) is 18.6 Å². The highest BCUT2D eigenvalue weighted by Crippen LogP contribution is 2.23. The van der Waals surface area contributed by atoms with Crippen molar-refractivity contribution in [2.24, 2.45) is 0 Å². The zero-order valence-electron chi connectivity index (χ0n) is 11.1. The maximum atomic E-state index is 13.0. The van der Waals surface area contributed by atoms with E-state index >= 15 is 0 Å². The van der Waals surface area contributed by atoms with Crippen LogP contribution in [0.2, 0.25) is 0 Å². The average molecular weight is 339 g/mol. The number of methoxy groups -OCH3 is 1. The van der Waals surface area contributed by atoms with E-state index in [0.29, 0.717) is 0 Å². The first kappa shape index (κ1) is 17.4. The molecule has 0 radical (unpaired) electrons. The van der Waals surface area contributed by atoms with Crippen LogP contribution in [0.15, 0.2) is 29.2 Å². The molecule has 0 aliphatic rings. The molecule has 7 nitrogen and oxygen atoms in total. The minimum atomic E-state index is -5.04. The van der Waals surface area contributed by atoms with Crippen LogP contribution in [0.3, 0.4) is 0 Å². The standard InChI is InChI=1S/C11H14FNO6S2/c1-19-11(14)7-4-8-20(15,16)13-9-5-2-3-6-10(9)21(12,17)18/h2-3,5-6,13H,4,7-8H2,1H3. The number of hydrogen-bond acceptors (Lipinski definition) is 6. The van der Waals surface area contributed by atoms with E-state index in [0.717, 1.165) is 12.1 Å². The molecule has 0 saturated heterocycles. The van der Waals surface area contributed by atoms with Gasteiger partial charge in [0, 0.05) is 6.42 Å². The molecule has 1 rings (SSSR count). The fraction of sp³-hybridized carbons (Fsp3) is 0.364. The molecule has 0 atom stereocenters. The average Bonchev–Trinajstić information content (AvgIpc) is 2.37. The van der Waals surface area contributed by atoms with E-state index in [1.54, 1.807) is 0 Å². The molecule has 0 aliphatic heterocycles. The second-order valence-electron chi connectivity index (χ2n) is 4.03. The van der Waals surface area contributed by atoms with Crippen LogP contribution in [0.1, 0.15) is 12.8 Å². The summed E-state index contributed by atoms with van der Waals surface area (Å²) in [5.41, 5.74) is -0.377. The van der Waals surface area contributed by atoms with Crippen molar-refractivity contribution in [3.63, 3.8) is 0 Å². The third kappa shape index (κ3) is 5.68. The smallest absolute Gasteiger partial charge is 0.334 e. The predicted molar refractivity (Wildman–Crippen MR) is 73.4 cm³/mol. The number of para-hydroxylation sites is 1. The number of anilines is 1. The second kappa shape index (κ2) is 6.85. The van der Waals surface area contributed by atoms with Crippen molar-refractivity contribution < 1.29 is 30.3 Å². The Morgan fingerprint density at radius 2 is 1.86 bits per heavy atom. The van der Waals surface area contributed by atoms with Crippen molar-refractivity contribution in [2.75, 3.05) is 17.6 Å². The number of halogens is 1. The van der Waals surface area contributed by atoms with Crippen LogP contribution in [-0.4, -0.2) is 35.7 Å². The zero-order valence-corrected chi connectivity index (χ0v) is 12.7. The van der Waals surface area contributed by atoms with Gasteiger partial charge in [-0.25, -0.2) is 8.42 Å². The summed E-state index contributed by atoms with van der Waals surface area (Å²) in [6, 6.07) is 4.70. The van der Waals surface area contributed by atoms with Crippen LogP contribution in [-0.2, 0) is 29.8 Å². The summed E-state index contributed by atoms with van der Waals surface area (Å²) in [5, 5.41) is 0. The van der Waals surface area contributed by atoms with Gasteiger partial charge in [-0.3, -0.25) is 9.52 Å². The first-order valence-electron chi connectivity index (χ1n) is 5.77. The van der Waals surface area contributed by atoms with E-state index in [1.165, 1.54) is 19.2 Å². The van der Waals surface area contributed by atoms with Gasteiger partial charge in [-0.2, -0.15) is 8.42 Å². The van der Waals surface area contributed by atoms with Gasteiger partial charge in [-0.1, -0.05) is 12.1 Å². The molecule has 10 heteroatoms. The molecular formula is C11H14FNO6S2. The number of hydrogen-bond donors (Lipinski definition) is 1. The van der Waals surface area contributed by atoms with Crippen LogP contribution >= 0.6 is 0 Å². The monoisotopic (exact) mass is 339 g/mol. The van der Waals surface area contributed by atoms with Crippen LogP contribution < -0.4 is 4.72 Å². The van der Waals surface area contributed by atoms with Gasteiger partial charge in [0.25, 0.3) is 0 Å². The summed E-state index contributed by atoms with van der Waals surface area (Å²) in [6.07, 6.45) is -0.104. The molecule has 0 heterocycles. The molecule has 1 N–H and O–H groups in total. The quantitative estimate of drug-likeness (QED) is 0.587. The third-order valence-electron chi connectivity index (χ3n) is 2.44. The minimum Gasteiger partial charge on any atom is -0.469 e. The Balaban J connectivity index is 2.84. The molecule has 0 bridgehead atoms. The van der Waals surface area contributed by atoms with Crippen LogP contribution in [0, 0.1) is 0 Å². The molecule has 0 spiro atoms. The lowest BCUT2D eigenvalue weighted by Gasteiger charge is -2.10. The highest BCUT2D eigenvalue weighted by Gasteiger charge is 2.20. The Kier molecular flexibility index (Phi) is 5.67. The van der Waals surface area contributed by atoms with E-state index in [9.17, 15) is 25.5 Å². The van der Waals surface area contributed by atoms with Gasteiger partial charge in [0.05, 0.1) is 18.6 Å². The number of rotatable bonds is 7. The lowest BCUT2D eigenvalue weighted by molar-refractivity contribution is -0.140. The van der Waals surface area contributed by atoms with Crippen molar-refractivity contribution in [1.29, 1.82) is 0 Å². The van der Waals surface area contributed by atoms with E-state index in [1.807, 2.05) is 4.72 Å². The van der Waals surface area contributed by atoms with Crippen molar-refractivity contribution in [3.8, 4) is 0 Å². The molecule has 118 valence electrons. The van der Waals surface area contributed by atoms with Gasteiger partial charge in [-0.15, -0.1) is 3.89 Å². The normalized spacial score (nSPS) is 11.9. The van der Waals surface area contributed by atoms with Crippen molar-refractivity contribution in [1.82, 2.24) is 0 Å². The fourth-order valence-electron chi connectivity index (χ4n) is 1.49. The summed E-state index contributed by atoms with van der Waals surface area (Å²) in [6.45, 7) is 0. The topological polar surface area (TPSA) is 107 Å². The summed E-state index contributed by atoms with van der Waals surface area (Å²) in [7, 11) is -7.78.